The maximum Gasteiger partial charge on any atom is 0.345 e. The highest BCUT2D eigenvalue weighted by molar-refractivity contribution is 8.13. The number of carbonyl (C=O) groups excluding carboxylic acids is 1. The van der Waals surface area contributed by atoms with E-state index in [9.17, 15) is 14.7 Å². The van der Waals surface area contributed by atoms with Gasteiger partial charge < -0.3 is 10.2 Å². The van der Waals surface area contributed by atoms with Crippen LogP contribution in [0.15, 0.2) is 47.8 Å². The number of hydrogen-bond acceptors (Lipinski definition) is 7. The first kappa shape index (κ1) is 26.9. The normalized spacial score (nSPS) is 14.6. The lowest BCUT2D eigenvalue weighted by Gasteiger charge is -2.38. The van der Waals surface area contributed by atoms with E-state index < -0.39 is 12.1 Å². The zero-order valence-electron chi connectivity index (χ0n) is 19.9. The summed E-state index contributed by atoms with van der Waals surface area (Å²) >= 11 is 3.89. The molecule has 0 radical (unpaired) electrons. The highest BCUT2D eigenvalue weighted by Crippen LogP contribution is 2.25. The van der Waals surface area contributed by atoms with Gasteiger partial charge in [-0.05, 0) is 54.1 Å². The van der Waals surface area contributed by atoms with Gasteiger partial charge in [-0.2, -0.15) is 11.3 Å². The minimum Gasteiger partial charge on any atom is -0.477 e. The van der Waals surface area contributed by atoms with E-state index in [1.54, 1.807) is 17.1 Å². The summed E-state index contributed by atoms with van der Waals surface area (Å²) in [6, 6.07) is 13.0. The number of thiophene rings is 2. The lowest BCUT2D eigenvalue weighted by atomic mass is 10.0. The van der Waals surface area contributed by atoms with Gasteiger partial charge in [0.05, 0.1) is 12.7 Å². The number of aliphatic hydroxyl groups excluding tert-OH is 1. The van der Waals surface area contributed by atoms with Gasteiger partial charge in [-0.1, -0.05) is 35.7 Å². The van der Waals surface area contributed by atoms with Crippen LogP contribution in [0, 0.1) is 18.4 Å². The molecule has 2 N–H and O–H groups in total. The minimum atomic E-state index is -0.939. The summed E-state index contributed by atoms with van der Waals surface area (Å²) in [6.45, 7) is 8.95. The van der Waals surface area contributed by atoms with Crippen LogP contribution in [0.25, 0.3) is 4.85 Å². The summed E-state index contributed by atoms with van der Waals surface area (Å²) in [6.07, 6.45) is 0.997. The van der Waals surface area contributed by atoms with Crippen molar-refractivity contribution in [2.75, 3.05) is 25.4 Å². The first-order valence-electron chi connectivity index (χ1n) is 11.7. The van der Waals surface area contributed by atoms with E-state index in [2.05, 4.69) is 16.7 Å². The van der Waals surface area contributed by atoms with Crippen LogP contribution in [-0.2, 0) is 12.8 Å². The number of rotatable bonds is 9. The molecule has 10 heteroatoms. The monoisotopic (exact) mass is 551 g/mol. The highest BCUT2D eigenvalue weighted by atomic mass is 32.2. The molecule has 1 saturated heterocycles. The number of amides is 1. The maximum atomic E-state index is 12.6. The van der Waals surface area contributed by atoms with Gasteiger partial charge in [0.2, 0.25) is 0 Å². The van der Waals surface area contributed by atoms with Crippen LogP contribution in [0.4, 0.5) is 9.80 Å². The van der Waals surface area contributed by atoms with Crippen LogP contribution in [0.3, 0.4) is 0 Å². The number of thioether (sulfide) groups is 1. The molecule has 0 unspecified atom stereocenters. The number of hydrazine groups is 1. The van der Waals surface area contributed by atoms with Gasteiger partial charge in [0.15, 0.2) is 0 Å². The van der Waals surface area contributed by atoms with Gasteiger partial charge in [-0.15, -0.1) is 11.3 Å². The van der Waals surface area contributed by atoms with Crippen LogP contribution in [-0.4, -0.2) is 62.9 Å². The van der Waals surface area contributed by atoms with Crippen molar-refractivity contribution in [2.45, 2.75) is 25.4 Å². The fourth-order valence-electron chi connectivity index (χ4n) is 3.93. The SMILES string of the molecule is [C-]#[N+]c1sccc1C#Cc1cccc(C[C@H](O)CCN2CCSC(=O)N2CCc2ccc(C(=O)O)s2)c1. The number of hydrogen-bond donors (Lipinski definition) is 2. The Labute approximate surface area is 228 Å². The van der Waals surface area contributed by atoms with E-state index in [1.807, 2.05) is 40.7 Å². The van der Waals surface area contributed by atoms with E-state index in [0.717, 1.165) is 21.6 Å². The van der Waals surface area contributed by atoms with Crippen LogP contribution in [0.1, 0.15) is 37.7 Å². The average molecular weight is 552 g/mol. The molecular weight excluding hydrogens is 527 g/mol. The Morgan fingerprint density at radius 3 is 2.84 bits per heavy atom. The number of carboxylic acid groups (broad SMARTS) is 1. The predicted octanol–water partition coefficient (Wildman–Crippen LogP) is 5.38. The van der Waals surface area contributed by atoms with Crippen LogP contribution in [0.2, 0.25) is 0 Å². The molecule has 0 spiro atoms. The second-order valence-electron chi connectivity index (χ2n) is 8.36. The van der Waals surface area contributed by atoms with Gasteiger partial charge in [-0.3, -0.25) is 9.80 Å². The third-order valence-electron chi connectivity index (χ3n) is 5.78. The average Bonchev–Trinajstić information content (AvgIpc) is 3.55. The Balaban J connectivity index is 1.31. The second-order valence-corrected chi connectivity index (χ2v) is 11.5. The second kappa shape index (κ2) is 12.9. The van der Waals surface area contributed by atoms with E-state index in [4.69, 9.17) is 11.7 Å². The van der Waals surface area contributed by atoms with Crippen LogP contribution in [0.5, 0.6) is 0 Å². The molecule has 1 fully saturated rings. The molecule has 190 valence electrons. The first-order valence-corrected chi connectivity index (χ1v) is 14.4. The molecule has 1 aromatic carbocycles. The van der Waals surface area contributed by atoms with Crippen molar-refractivity contribution in [2.24, 2.45) is 0 Å². The van der Waals surface area contributed by atoms with Gasteiger partial charge in [0, 0.05) is 47.8 Å². The Morgan fingerprint density at radius 1 is 1.19 bits per heavy atom. The molecule has 0 saturated carbocycles. The number of carboxylic acids is 1. The Bertz CT molecular complexity index is 1360. The smallest absolute Gasteiger partial charge is 0.345 e. The highest BCUT2D eigenvalue weighted by Gasteiger charge is 2.27. The molecule has 2 aromatic heterocycles. The fraction of sp³-hybridized carbons (Fsp3) is 0.296. The van der Waals surface area contributed by atoms with E-state index in [-0.39, 0.29) is 5.24 Å². The predicted molar refractivity (Wildman–Crippen MR) is 148 cm³/mol. The number of carbonyl (C=O) groups is 2. The van der Waals surface area contributed by atoms with E-state index in [1.165, 1.54) is 34.4 Å². The third kappa shape index (κ3) is 7.45. The van der Waals surface area contributed by atoms with Crippen molar-refractivity contribution in [3.63, 3.8) is 0 Å². The summed E-state index contributed by atoms with van der Waals surface area (Å²) < 4.78 is 0. The summed E-state index contributed by atoms with van der Waals surface area (Å²) in [4.78, 5) is 28.4. The zero-order chi connectivity index (χ0) is 26.2. The van der Waals surface area contributed by atoms with Crippen LogP contribution < -0.4 is 0 Å². The molecule has 1 aliphatic heterocycles. The van der Waals surface area contributed by atoms with Crippen molar-refractivity contribution in [1.82, 2.24) is 10.0 Å². The molecule has 37 heavy (non-hydrogen) atoms. The quantitative estimate of drug-likeness (QED) is 0.274. The van der Waals surface area contributed by atoms with Crippen molar-refractivity contribution in [3.8, 4) is 11.8 Å². The number of aliphatic hydroxyl groups is 1. The molecule has 1 amide bonds. The minimum absolute atomic E-state index is 0.0194. The molecule has 7 nitrogen and oxygen atoms in total. The summed E-state index contributed by atoms with van der Waals surface area (Å²) in [7, 11) is 0. The molecule has 4 rings (SSSR count). The van der Waals surface area contributed by atoms with Crippen LogP contribution >= 0.6 is 34.4 Å². The molecule has 3 heterocycles. The summed E-state index contributed by atoms with van der Waals surface area (Å²) in [5.41, 5.74) is 2.53. The fourth-order valence-corrected chi connectivity index (χ4v) is 6.23. The zero-order valence-corrected chi connectivity index (χ0v) is 22.4. The Hall–Kier alpha value is -3.12. The van der Waals surface area contributed by atoms with Crippen molar-refractivity contribution >= 4 is 50.6 Å². The molecule has 0 bridgehead atoms. The number of nitrogens with zero attached hydrogens (tertiary/aromatic N) is 3. The maximum absolute atomic E-state index is 12.6. The van der Waals surface area contributed by atoms with Crippen molar-refractivity contribution < 1.29 is 19.8 Å². The lowest BCUT2D eigenvalue weighted by molar-refractivity contribution is 0.0148. The summed E-state index contributed by atoms with van der Waals surface area (Å²) in [5, 5.41) is 26.0. The standard InChI is InChI=1S/C27H25N3O4S3/c1-28-25-21(11-15-35-25)6-5-19-3-2-4-20(17-19)18-22(31)9-12-29-14-16-36-27(34)30(29)13-10-23-7-8-24(37-23)26(32)33/h2-4,7-8,11,15,17,22,31H,9-10,12-14,16,18H2,(H,32,33)/t22-/m1/s1. The van der Waals surface area contributed by atoms with Crippen molar-refractivity contribution in [3.05, 3.63) is 85.7 Å². The third-order valence-corrected chi connectivity index (χ3v) is 8.56. The largest absolute Gasteiger partial charge is 0.477 e. The molecule has 0 aliphatic carbocycles. The molecule has 3 aromatic rings. The van der Waals surface area contributed by atoms with Gasteiger partial charge >= 0.3 is 5.97 Å². The van der Waals surface area contributed by atoms with E-state index in [0.29, 0.717) is 54.5 Å². The molecule has 1 atom stereocenters. The lowest BCUT2D eigenvalue weighted by Crippen LogP contribution is -2.51. The molecular formula is C27H25N3O4S3. The van der Waals surface area contributed by atoms with Gasteiger partial charge in [0.1, 0.15) is 4.88 Å². The first-order chi connectivity index (χ1) is 17.9. The summed E-state index contributed by atoms with van der Waals surface area (Å²) in [5.74, 6) is 5.93. The Kier molecular flexibility index (Phi) is 9.40. The van der Waals surface area contributed by atoms with Gasteiger partial charge in [0.25, 0.3) is 10.2 Å². The van der Waals surface area contributed by atoms with Crippen molar-refractivity contribution in [1.29, 1.82) is 0 Å². The number of benzene rings is 1. The van der Waals surface area contributed by atoms with Gasteiger partial charge in [-0.25, -0.2) is 14.6 Å². The number of aromatic carboxylic acids is 1. The Morgan fingerprint density at radius 2 is 2.05 bits per heavy atom. The van der Waals surface area contributed by atoms with E-state index >= 15 is 0 Å². The topological polar surface area (TPSA) is 85.4 Å². The molecule has 1 aliphatic rings.